The molecule has 1 aliphatic carbocycles. The molecule has 2 atom stereocenters. The van der Waals surface area contributed by atoms with Gasteiger partial charge in [-0.3, -0.25) is 0 Å². The summed E-state index contributed by atoms with van der Waals surface area (Å²) in [7, 11) is 0. The fraction of sp³-hybridized carbons (Fsp3) is 0.600. The molecule has 118 valence electrons. The maximum absolute atomic E-state index is 14.1. The second-order valence-corrected chi connectivity index (χ2v) is 6.08. The highest BCUT2D eigenvalue weighted by atomic mass is 35.5. The van der Waals surface area contributed by atoms with Crippen LogP contribution in [0.3, 0.4) is 0 Å². The second-order valence-electron chi connectivity index (χ2n) is 5.67. The number of aliphatic hydroxyl groups excluding tert-OH is 1. The Morgan fingerprint density at radius 3 is 2.52 bits per heavy atom. The smallest absolute Gasteiger partial charge is 0.248 e. The number of benzene rings is 1. The van der Waals surface area contributed by atoms with Gasteiger partial charge in [-0.05, 0) is 30.4 Å². The van der Waals surface area contributed by atoms with Gasteiger partial charge in [-0.1, -0.05) is 23.7 Å². The van der Waals surface area contributed by atoms with E-state index in [9.17, 15) is 18.3 Å². The molecule has 0 radical (unpaired) electrons. The highest BCUT2D eigenvalue weighted by molar-refractivity contribution is 6.30. The summed E-state index contributed by atoms with van der Waals surface area (Å²) in [5.74, 6) is -4.19. The topological polar surface area (TPSA) is 46.2 Å². The van der Waals surface area contributed by atoms with Crippen LogP contribution in [0.1, 0.15) is 37.2 Å². The van der Waals surface area contributed by atoms with Crippen LogP contribution in [0.2, 0.25) is 5.02 Å². The molecular formula is C15H19ClF3NO. The van der Waals surface area contributed by atoms with Crippen LogP contribution in [-0.4, -0.2) is 23.7 Å². The predicted octanol–water partition coefficient (Wildman–Crippen LogP) is 3.71. The quantitative estimate of drug-likeness (QED) is 0.888. The zero-order chi connectivity index (χ0) is 15.6. The standard InChI is InChI=1S/C15H19ClF3NO/c16-12-3-1-2-10(13(12)17)11(8-20)14(21)9-4-6-15(18,19)7-5-9/h1-3,9,11,14,21H,4-8,20H2. The minimum atomic E-state index is -2.66. The zero-order valence-electron chi connectivity index (χ0n) is 11.5. The molecule has 0 saturated heterocycles. The first kappa shape index (κ1) is 16.6. The number of rotatable bonds is 4. The molecule has 2 unspecified atom stereocenters. The van der Waals surface area contributed by atoms with E-state index in [0.717, 1.165) is 0 Å². The number of hydrogen-bond acceptors (Lipinski definition) is 2. The van der Waals surface area contributed by atoms with Gasteiger partial charge in [-0.15, -0.1) is 0 Å². The van der Waals surface area contributed by atoms with Gasteiger partial charge in [0.1, 0.15) is 5.82 Å². The molecule has 0 amide bonds. The number of halogens is 4. The van der Waals surface area contributed by atoms with Crippen molar-refractivity contribution >= 4 is 11.6 Å². The van der Waals surface area contributed by atoms with Crippen LogP contribution in [-0.2, 0) is 0 Å². The van der Waals surface area contributed by atoms with Crippen molar-refractivity contribution in [2.75, 3.05) is 6.54 Å². The fourth-order valence-corrected chi connectivity index (χ4v) is 3.17. The Hall–Kier alpha value is -0.780. The minimum Gasteiger partial charge on any atom is -0.392 e. The summed E-state index contributed by atoms with van der Waals surface area (Å²) in [6, 6.07) is 4.53. The van der Waals surface area contributed by atoms with Crippen molar-refractivity contribution in [1.82, 2.24) is 0 Å². The average molecular weight is 322 g/mol. The molecule has 1 saturated carbocycles. The molecule has 2 rings (SSSR count). The summed E-state index contributed by atoms with van der Waals surface area (Å²) in [5, 5.41) is 10.4. The Labute approximate surface area is 127 Å². The van der Waals surface area contributed by atoms with Crippen molar-refractivity contribution < 1.29 is 18.3 Å². The molecule has 1 aliphatic rings. The summed E-state index contributed by atoms with van der Waals surface area (Å²) in [5.41, 5.74) is 5.91. The van der Waals surface area contributed by atoms with Gasteiger partial charge in [-0.2, -0.15) is 0 Å². The third-order valence-corrected chi connectivity index (χ3v) is 4.58. The molecular weight excluding hydrogens is 303 g/mol. The zero-order valence-corrected chi connectivity index (χ0v) is 12.3. The third kappa shape index (κ3) is 3.71. The molecule has 1 aromatic carbocycles. The van der Waals surface area contributed by atoms with Crippen molar-refractivity contribution in [2.45, 2.75) is 43.6 Å². The van der Waals surface area contributed by atoms with E-state index in [2.05, 4.69) is 0 Å². The van der Waals surface area contributed by atoms with E-state index in [1.807, 2.05) is 0 Å². The van der Waals surface area contributed by atoms with E-state index >= 15 is 0 Å². The van der Waals surface area contributed by atoms with Gasteiger partial charge in [0.25, 0.3) is 0 Å². The average Bonchev–Trinajstić information content (AvgIpc) is 2.44. The molecule has 21 heavy (non-hydrogen) atoms. The van der Waals surface area contributed by atoms with Crippen LogP contribution < -0.4 is 5.73 Å². The van der Waals surface area contributed by atoms with Gasteiger partial charge in [-0.25, -0.2) is 13.2 Å². The van der Waals surface area contributed by atoms with Crippen molar-refractivity contribution in [3.63, 3.8) is 0 Å². The monoisotopic (exact) mass is 321 g/mol. The molecule has 0 spiro atoms. The maximum atomic E-state index is 14.1. The lowest BCUT2D eigenvalue weighted by molar-refractivity contribution is -0.0652. The molecule has 0 aliphatic heterocycles. The highest BCUT2D eigenvalue weighted by Crippen LogP contribution is 2.40. The Kier molecular flexibility index (Phi) is 5.17. The lowest BCUT2D eigenvalue weighted by atomic mass is 9.77. The molecule has 1 fully saturated rings. The van der Waals surface area contributed by atoms with E-state index in [-0.39, 0.29) is 48.7 Å². The first-order valence-corrected chi connectivity index (χ1v) is 7.43. The van der Waals surface area contributed by atoms with E-state index in [1.165, 1.54) is 12.1 Å². The molecule has 1 aromatic rings. The summed E-state index contributed by atoms with van der Waals surface area (Å²) >= 11 is 5.75. The van der Waals surface area contributed by atoms with Crippen LogP contribution in [0.5, 0.6) is 0 Å². The van der Waals surface area contributed by atoms with Gasteiger partial charge in [0.2, 0.25) is 5.92 Å². The molecule has 2 nitrogen and oxygen atoms in total. The van der Waals surface area contributed by atoms with Gasteiger partial charge >= 0.3 is 0 Å². The molecule has 6 heteroatoms. The largest absolute Gasteiger partial charge is 0.392 e. The Bertz CT molecular complexity index is 488. The van der Waals surface area contributed by atoms with E-state index in [1.54, 1.807) is 6.07 Å². The first-order chi connectivity index (χ1) is 9.85. The molecule has 0 heterocycles. The van der Waals surface area contributed by atoms with E-state index in [0.29, 0.717) is 0 Å². The van der Waals surface area contributed by atoms with Crippen molar-refractivity contribution in [1.29, 1.82) is 0 Å². The summed E-state index contributed by atoms with van der Waals surface area (Å²) in [4.78, 5) is 0. The Morgan fingerprint density at radius 2 is 1.95 bits per heavy atom. The second kappa shape index (κ2) is 6.55. The Balaban J connectivity index is 2.16. The van der Waals surface area contributed by atoms with E-state index < -0.39 is 23.8 Å². The summed E-state index contributed by atoms with van der Waals surface area (Å²) < 4.78 is 40.4. The number of hydrogen-bond donors (Lipinski definition) is 2. The van der Waals surface area contributed by atoms with Crippen LogP contribution >= 0.6 is 11.6 Å². The molecule has 0 bridgehead atoms. The van der Waals surface area contributed by atoms with E-state index in [4.69, 9.17) is 17.3 Å². The maximum Gasteiger partial charge on any atom is 0.248 e. The van der Waals surface area contributed by atoms with Crippen LogP contribution in [0.4, 0.5) is 13.2 Å². The van der Waals surface area contributed by atoms with Gasteiger partial charge in [0.15, 0.2) is 0 Å². The van der Waals surface area contributed by atoms with Gasteiger partial charge in [0.05, 0.1) is 11.1 Å². The summed E-state index contributed by atoms with van der Waals surface area (Å²) in [6.45, 7) is 0.0331. The minimum absolute atomic E-state index is 0.0331. The van der Waals surface area contributed by atoms with Gasteiger partial charge in [0, 0.05) is 25.3 Å². The Morgan fingerprint density at radius 1 is 1.33 bits per heavy atom. The lowest BCUT2D eigenvalue weighted by Gasteiger charge is -2.35. The summed E-state index contributed by atoms with van der Waals surface area (Å²) in [6.07, 6.45) is -1.01. The molecule has 3 N–H and O–H groups in total. The van der Waals surface area contributed by atoms with Gasteiger partial charge < -0.3 is 10.8 Å². The molecule has 0 aromatic heterocycles. The lowest BCUT2D eigenvalue weighted by Crippen LogP contribution is -2.37. The predicted molar refractivity (Wildman–Crippen MR) is 76.1 cm³/mol. The highest BCUT2D eigenvalue weighted by Gasteiger charge is 2.39. The van der Waals surface area contributed by atoms with Crippen LogP contribution in [0, 0.1) is 11.7 Å². The fourth-order valence-electron chi connectivity index (χ4n) is 2.99. The first-order valence-electron chi connectivity index (χ1n) is 7.05. The number of alkyl halides is 2. The van der Waals surface area contributed by atoms with Crippen molar-refractivity contribution in [3.05, 3.63) is 34.6 Å². The SMILES string of the molecule is NCC(c1cccc(Cl)c1F)C(O)C1CCC(F)(F)CC1. The van der Waals surface area contributed by atoms with Crippen LogP contribution in [0.25, 0.3) is 0 Å². The third-order valence-electron chi connectivity index (χ3n) is 4.29. The number of aliphatic hydroxyl groups is 1. The van der Waals surface area contributed by atoms with Crippen LogP contribution in [0.15, 0.2) is 18.2 Å². The number of nitrogens with two attached hydrogens (primary N) is 1. The van der Waals surface area contributed by atoms with Crippen molar-refractivity contribution in [2.24, 2.45) is 11.7 Å². The van der Waals surface area contributed by atoms with Crippen molar-refractivity contribution in [3.8, 4) is 0 Å². The normalized spacial score (nSPS) is 22.0.